The number of ether oxygens (including phenoxy) is 1. The number of carbonyl (C=O) groups excluding carboxylic acids is 1. The van der Waals surface area contributed by atoms with Gasteiger partial charge in [-0.1, -0.05) is 39.0 Å². The van der Waals surface area contributed by atoms with Gasteiger partial charge in [-0.2, -0.15) is 0 Å². The Balaban J connectivity index is 3.46. The number of hydrogen-bond donors (Lipinski definition) is 0. The smallest absolute Gasteiger partial charge is 0.158 e. The summed E-state index contributed by atoms with van der Waals surface area (Å²) in [5.74, 6) is 0.169. The molecule has 0 heterocycles. The zero-order chi connectivity index (χ0) is 10.8. The van der Waals surface area contributed by atoms with Crippen LogP contribution in [0.5, 0.6) is 0 Å². The van der Waals surface area contributed by atoms with Gasteiger partial charge < -0.3 is 4.74 Å². The third-order valence-corrected chi connectivity index (χ3v) is 2.39. The Hall–Kier alpha value is -0.370. The number of rotatable bonds is 9. The Labute approximate surface area is 88.0 Å². The molecule has 1 atom stereocenters. The van der Waals surface area contributed by atoms with Crippen LogP contribution in [0.4, 0.5) is 0 Å². The summed E-state index contributed by atoms with van der Waals surface area (Å²) in [6, 6.07) is 0. The lowest BCUT2D eigenvalue weighted by molar-refractivity contribution is -0.128. The molecule has 0 aliphatic carbocycles. The van der Waals surface area contributed by atoms with E-state index >= 15 is 0 Å². The van der Waals surface area contributed by atoms with E-state index in [2.05, 4.69) is 6.92 Å². The molecule has 0 saturated carbocycles. The number of ketones is 1. The maximum Gasteiger partial charge on any atom is 0.158 e. The van der Waals surface area contributed by atoms with Gasteiger partial charge in [0.15, 0.2) is 5.78 Å². The third kappa shape index (κ3) is 7.07. The molecule has 0 spiro atoms. The van der Waals surface area contributed by atoms with Crippen molar-refractivity contribution >= 4 is 5.78 Å². The fourth-order valence-corrected chi connectivity index (χ4v) is 1.54. The lowest BCUT2D eigenvalue weighted by atomic mass is 10.1. The predicted molar refractivity (Wildman–Crippen MR) is 59.5 cm³/mol. The molecule has 14 heavy (non-hydrogen) atoms. The summed E-state index contributed by atoms with van der Waals surface area (Å²) in [6.45, 7) is 6.40. The van der Waals surface area contributed by atoms with Crippen molar-refractivity contribution < 1.29 is 9.53 Å². The van der Waals surface area contributed by atoms with E-state index in [1.807, 2.05) is 6.92 Å². The Bertz CT molecular complexity index is 143. The first-order valence-corrected chi connectivity index (χ1v) is 5.84. The van der Waals surface area contributed by atoms with Gasteiger partial charge in [0.2, 0.25) is 0 Å². The minimum absolute atomic E-state index is 0.151. The summed E-state index contributed by atoms with van der Waals surface area (Å²) >= 11 is 0. The molecule has 0 aromatic heterocycles. The van der Waals surface area contributed by atoms with E-state index in [1.165, 1.54) is 25.7 Å². The molecule has 2 nitrogen and oxygen atoms in total. The van der Waals surface area contributed by atoms with Gasteiger partial charge in [-0.05, 0) is 20.3 Å². The van der Waals surface area contributed by atoms with Gasteiger partial charge in [0, 0.05) is 6.61 Å². The van der Waals surface area contributed by atoms with Crippen molar-refractivity contribution in [3.05, 3.63) is 0 Å². The monoisotopic (exact) mass is 200 g/mol. The van der Waals surface area contributed by atoms with E-state index in [-0.39, 0.29) is 11.9 Å². The fraction of sp³-hybridized carbons (Fsp3) is 0.917. The van der Waals surface area contributed by atoms with Gasteiger partial charge in [0.05, 0.1) is 0 Å². The van der Waals surface area contributed by atoms with Crippen LogP contribution in [0, 0.1) is 0 Å². The van der Waals surface area contributed by atoms with Crippen LogP contribution in [0.1, 0.15) is 59.3 Å². The summed E-state index contributed by atoms with van der Waals surface area (Å²) < 4.78 is 5.36. The quantitative estimate of drug-likeness (QED) is 0.534. The Morgan fingerprint density at radius 3 is 2.29 bits per heavy atom. The molecule has 0 N–H and O–H groups in total. The molecule has 0 bridgehead atoms. The number of carbonyl (C=O) groups is 1. The molecular formula is C12H24O2. The first-order chi connectivity index (χ1) is 6.72. The number of Topliss-reactive ketones (excluding diaryl/α,β-unsaturated/α-hetero) is 1. The minimum Gasteiger partial charge on any atom is -0.371 e. The second-order valence-corrected chi connectivity index (χ2v) is 3.76. The van der Waals surface area contributed by atoms with Crippen molar-refractivity contribution in [3.8, 4) is 0 Å². The molecule has 0 fully saturated rings. The molecular weight excluding hydrogens is 176 g/mol. The van der Waals surface area contributed by atoms with Gasteiger partial charge in [-0.3, -0.25) is 4.79 Å². The minimum atomic E-state index is -0.151. The van der Waals surface area contributed by atoms with Crippen molar-refractivity contribution in [2.45, 2.75) is 65.4 Å². The second-order valence-electron chi connectivity index (χ2n) is 3.76. The standard InChI is InChI=1S/C12H24O2/c1-4-6-7-8-9-10-12(11(3)13)14-5-2/h12H,4-10H2,1-3H3. The predicted octanol–water partition coefficient (Wildman–Crippen LogP) is 3.34. The summed E-state index contributed by atoms with van der Waals surface area (Å²) in [5, 5.41) is 0. The van der Waals surface area contributed by atoms with Crippen LogP contribution in [0.3, 0.4) is 0 Å². The molecule has 2 heteroatoms. The fourth-order valence-electron chi connectivity index (χ4n) is 1.54. The van der Waals surface area contributed by atoms with Gasteiger partial charge in [0.1, 0.15) is 6.10 Å². The van der Waals surface area contributed by atoms with Crippen LogP contribution in [0.25, 0.3) is 0 Å². The second kappa shape index (κ2) is 9.20. The van der Waals surface area contributed by atoms with Gasteiger partial charge >= 0.3 is 0 Å². The van der Waals surface area contributed by atoms with Crippen LogP contribution in [0.2, 0.25) is 0 Å². The Morgan fingerprint density at radius 2 is 1.79 bits per heavy atom. The van der Waals surface area contributed by atoms with E-state index in [0.717, 1.165) is 12.8 Å². The lowest BCUT2D eigenvalue weighted by Crippen LogP contribution is -2.21. The Kier molecular flexibility index (Phi) is 8.95. The topological polar surface area (TPSA) is 26.3 Å². The van der Waals surface area contributed by atoms with Crippen molar-refractivity contribution in [3.63, 3.8) is 0 Å². The lowest BCUT2D eigenvalue weighted by Gasteiger charge is -2.13. The zero-order valence-electron chi connectivity index (χ0n) is 9.84. The van der Waals surface area contributed by atoms with E-state index in [0.29, 0.717) is 6.61 Å². The van der Waals surface area contributed by atoms with Crippen LogP contribution in [-0.2, 0) is 9.53 Å². The average Bonchev–Trinajstić information content (AvgIpc) is 2.15. The zero-order valence-corrected chi connectivity index (χ0v) is 9.84. The van der Waals surface area contributed by atoms with Crippen molar-refractivity contribution in [2.24, 2.45) is 0 Å². The molecule has 0 radical (unpaired) electrons. The highest BCUT2D eigenvalue weighted by Crippen LogP contribution is 2.10. The van der Waals surface area contributed by atoms with Crippen molar-refractivity contribution in [1.82, 2.24) is 0 Å². The molecule has 0 aromatic carbocycles. The molecule has 0 amide bonds. The highest BCUT2D eigenvalue weighted by molar-refractivity contribution is 5.80. The highest BCUT2D eigenvalue weighted by Gasteiger charge is 2.12. The molecule has 84 valence electrons. The third-order valence-electron chi connectivity index (χ3n) is 2.39. The first-order valence-electron chi connectivity index (χ1n) is 5.84. The highest BCUT2D eigenvalue weighted by atomic mass is 16.5. The normalized spacial score (nSPS) is 12.8. The van der Waals surface area contributed by atoms with Crippen LogP contribution in [-0.4, -0.2) is 18.5 Å². The molecule has 0 saturated heterocycles. The van der Waals surface area contributed by atoms with Gasteiger partial charge in [-0.25, -0.2) is 0 Å². The van der Waals surface area contributed by atoms with Crippen LogP contribution in [0.15, 0.2) is 0 Å². The average molecular weight is 200 g/mol. The summed E-state index contributed by atoms with van der Waals surface area (Å²) in [7, 11) is 0. The Morgan fingerprint density at radius 1 is 1.14 bits per heavy atom. The maximum absolute atomic E-state index is 11.1. The van der Waals surface area contributed by atoms with E-state index in [1.54, 1.807) is 6.92 Å². The SMILES string of the molecule is CCCCCCCC(OCC)C(C)=O. The van der Waals surface area contributed by atoms with Crippen LogP contribution < -0.4 is 0 Å². The van der Waals surface area contributed by atoms with Crippen LogP contribution >= 0.6 is 0 Å². The summed E-state index contributed by atoms with van der Waals surface area (Å²) in [5.41, 5.74) is 0. The van der Waals surface area contributed by atoms with Crippen molar-refractivity contribution in [2.75, 3.05) is 6.61 Å². The maximum atomic E-state index is 11.1. The molecule has 0 rings (SSSR count). The molecule has 0 aliphatic heterocycles. The molecule has 1 unspecified atom stereocenters. The summed E-state index contributed by atoms with van der Waals surface area (Å²) in [4.78, 5) is 11.1. The van der Waals surface area contributed by atoms with E-state index in [9.17, 15) is 4.79 Å². The van der Waals surface area contributed by atoms with Gasteiger partial charge in [0.25, 0.3) is 0 Å². The van der Waals surface area contributed by atoms with Gasteiger partial charge in [-0.15, -0.1) is 0 Å². The first kappa shape index (κ1) is 13.6. The number of hydrogen-bond acceptors (Lipinski definition) is 2. The number of unbranched alkanes of at least 4 members (excludes halogenated alkanes) is 4. The van der Waals surface area contributed by atoms with Crippen molar-refractivity contribution in [1.29, 1.82) is 0 Å². The molecule has 0 aromatic rings. The largest absolute Gasteiger partial charge is 0.371 e. The van der Waals surface area contributed by atoms with E-state index < -0.39 is 0 Å². The molecule has 0 aliphatic rings. The van der Waals surface area contributed by atoms with E-state index in [4.69, 9.17) is 4.74 Å². The summed E-state index contributed by atoms with van der Waals surface area (Å²) in [6.07, 6.45) is 6.94.